The second-order valence-corrected chi connectivity index (χ2v) is 11.8. The highest BCUT2D eigenvalue weighted by Gasteiger charge is 2.35. The zero-order valence-corrected chi connectivity index (χ0v) is 23.8. The molecular formula is C29H32N6O6S. The summed E-state index contributed by atoms with van der Waals surface area (Å²) >= 11 is 0. The highest BCUT2D eigenvalue weighted by atomic mass is 32.2. The lowest BCUT2D eigenvalue weighted by Crippen LogP contribution is -2.48. The Morgan fingerprint density at radius 3 is 2.48 bits per heavy atom. The van der Waals surface area contributed by atoms with Crippen molar-refractivity contribution in [1.82, 2.24) is 20.3 Å². The van der Waals surface area contributed by atoms with Crippen molar-refractivity contribution in [2.75, 3.05) is 12.0 Å². The summed E-state index contributed by atoms with van der Waals surface area (Å²) in [5.74, 6) is -0.966. The maximum Gasteiger partial charge on any atom is 0.249 e. The molecule has 0 radical (unpaired) electrons. The Kier molecular flexibility index (Phi) is 8.41. The molecule has 12 nitrogen and oxygen atoms in total. The third kappa shape index (κ3) is 6.21. The molecule has 1 fully saturated rings. The third-order valence-electron chi connectivity index (χ3n) is 7.39. The number of primary sulfonamides is 1. The van der Waals surface area contributed by atoms with Gasteiger partial charge in [-0.2, -0.15) is 0 Å². The molecule has 0 saturated heterocycles. The topological polar surface area (TPSA) is 170 Å². The number of hydrogen-bond donors (Lipinski definition) is 3. The predicted octanol–water partition coefficient (Wildman–Crippen LogP) is 3.02. The van der Waals surface area contributed by atoms with Gasteiger partial charge >= 0.3 is 0 Å². The number of rotatable bonds is 9. The SMILES string of the molecule is COc1ccc([C@@H](C(=O)NC2CCCCC2)N(C(=O)Cn2nnc3ccccc32)c2ccc(S(N)(=O)=O)cc2)cc1O. The normalized spacial score (nSPS) is 14.8. The average molecular weight is 593 g/mol. The van der Waals surface area contributed by atoms with Gasteiger partial charge in [-0.1, -0.05) is 42.7 Å². The van der Waals surface area contributed by atoms with E-state index in [1.165, 1.54) is 53.1 Å². The van der Waals surface area contributed by atoms with E-state index in [1.54, 1.807) is 24.3 Å². The van der Waals surface area contributed by atoms with Crippen LogP contribution in [-0.4, -0.2) is 53.5 Å². The van der Waals surface area contributed by atoms with Crippen LogP contribution in [0.2, 0.25) is 0 Å². The molecule has 1 aliphatic carbocycles. The first kappa shape index (κ1) is 29.0. The van der Waals surface area contributed by atoms with Gasteiger partial charge < -0.3 is 15.2 Å². The van der Waals surface area contributed by atoms with Crippen molar-refractivity contribution < 1.29 is 27.9 Å². The first-order chi connectivity index (χ1) is 20.2. The Bertz CT molecular complexity index is 1700. The summed E-state index contributed by atoms with van der Waals surface area (Å²) in [4.78, 5) is 29.4. The van der Waals surface area contributed by atoms with Crippen LogP contribution in [0.25, 0.3) is 11.0 Å². The number of fused-ring (bicyclic) bond motifs is 1. The Morgan fingerprint density at radius 2 is 1.81 bits per heavy atom. The second-order valence-electron chi connectivity index (χ2n) is 10.2. The lowest BCUT2D eigenvalue weighted by molar-refractivity contribution is -0.127. The van der Waals surface area contributed by atoms with E-state index in [0.717, 1.165) is 32.1 Å². The number of carbonyl (C=O) groups is 2. The van der Waals surface area contributed by atoms with E-state index < -0.39 is 27.9 Å². The summed E-state index contributed by atoms with van der Waals surface area (Å²) in [6.07, 6.45) is 4.68. The van der Waals surface area contributed by atoms with Crippen LogP contribution in [0, 0.1) is 0 Å². The van der Waals surface area contributed by atoms with Crippen molar-refractivity contribution in [3.63, 3.8) is 0 Å². The molecule has 1 saturated carbocycles. The number of aromatic hydroxyl groups is 1. The molecule has 0 aliphatic heterocycles. The molecule has 1 heterocycles. The molecule has 0 unspecified atom stereocenters. The Balaban J connectivity index is 1.61. The number of amides is 2. The molecule has 0 bridgehead atoms. The summed E-state index contributed by atoms with van der Waals surface area (Å²) in [6, 6.07) is 15.8. The minimum Gasteiger partial charge on any atom is -0.504 e. The quantitative estimate of drug-likeness (QED) is 0.266. The van der Waals surface area contributed by atoms with Gasteiger partial charge in [0.05, 0.1) is 17.5 Å². The number of para-hydroxylation sites is 1. The Hall–Kier alpha value is -4.49. The number of sulfonamides is 1. The lowest BCUT2D eigenvalue weighted by atomic mass is 9.94. The van der Waals surface area contributed by atoms with Gasteiger partial charge in [0.1, 0.15) is 18.1 Å². The van der Waals surface area contributed by atoms with Crippen LogP contribution in [0.5, 0.6) is 11.5 Å². The molecule has 0 spiro atoms. The first-order valence-electron chi connectivity index (χ1n) is 13.6. The van der Waals surface area contributed by atoms with Gasteiger partial charge in [0, 0.05) is 11.7 Å². The summed E-state index contributed by atoms with van der Waals surface area (Å²) in [5, 5.41) is 27.3. The summed E-state index contributed by atoms with van der Waals surface area (Å²) in [7, 11) is -2.59. The van der Waals surface area contributed by atoms with E-state index in [2.05, 4.69) is 15.6 Å². The number of nitrogens with zero attached hydrogens (tertiary/aromatic N) is 4. The molecule has 1 aliphatic rings. The van der Waals surface area contributed by atoms with Crippen molar-refractivity contribution in [1.29, 1.82) is 0 Å². The molecular weight excluding hydrogens is 560 g/mol. The van der Waals surface area contributed by atoms with Gasteiger partial charge in [0.2, 0.25) is 21.8 Å². The number of hydrogen-bond acceptors (Lipinski definition) is 8. The van der Waals surface area contributed by atoms with Crippen LogP contribution < -0.4 is 20.1 Å². The number of aromatic nitrogens is 3. The van der Waals surface area contributed by atoms with Crippen molar-refractivity contribution >= 4 is 38.6 Å². The van der Waals surface area contributed by atoms with E-state index in [0.29, 0.717) is 16.6 Å². The number of methoxy groups -OCH3 is 1. The van der Waals surface area contributed by atoms with Crippen LogP contribution in [-0.2, 0) is 26.2 Å². The average Bonchev–Trinajstić information content (AvgIpc) is 3.38. The van der Waals surface area contributed by atoms with E-state index in [-0.39, 0.29) is 34.7 Å². The van der Waals surface area contributed by atoms with Crippen LogP contribution in [0.15, 0.2) is 71.6 Å². The lowest BCUT2D eigenvalue weighted by Gasteiger charge is -2.33. The molecule has 13 heteroatoms. The molecule has 3 aromatic carbocycles. The molecule has 42 heavy (non-hydrogen) atoms. The zero-order valence-electron chi connectivity index (χ0n) is 23.0. The van der Waals surface area contributed by atoms with E-state index in [4.69, 9.17) is 9.88 Å². The fourth-order valence-electron chi connectivity index (χ4n) is 5.29. The van der Waals surface area contributed by atoms with Gasteiger partial charge in [0.25, 0.3) is 0 Å². The Morgan fingerprint density at radius 1 is 1.10 bits per heavy atom. The fraction of sp³-hybridized carbons (Fsp3) is 0.310. The van der Waals surface area contributed by atoms with Gasteiger partial charge in [0.15, 0.2) is 11.5 Å². The summed E-state index contributed by atoms with van der Waals surface area (Å²) < 4.78 is 30.5. The minimum absolute atomic E-state index is 0.0680. The zero-order chi connectivity index (χ0) is 29.9. The van der Waals surface area contributed by atoms with E-state index in [9.17, 15) is 23.1 Å². The standard InChI is InChI=1S/C29H32N6O6S/c1-41-26-16-11-19(17-25(26)36)28(29(38)31-20-7-3-2-4-8-20)35(21-12-14-22(15-13-21)42(30,39)40)27(37)18-34-24-10-6-5-9-23(24)32-33-34/h5-6,9-17,20,28,36H,2-4,7-8,18H2,1H3,(H,31,38)(H2,30,39,40)/t28-/m0/s1. The smallest absolute Gasteiger partial charge is 0.249 e. The predicted molar refractivity (Wildman–Crippen MR) is 155 cm³/mol. The Labute approximate surface area is 243 Å². The second kappa shape index (κ2) is 12.2. The van der Waals surface area contributed by atoms with Gasteiger partial charge in [-0.3, -0.25) is 14.5 Å². The van der Waals surface area contributed by atoms with E-state index >= 15 is 0 Å². The molecule has 2 amide bonds. The highest BCUT2D eigenvalue weighted by molar-refractivity contribution is 7.89. The van der Waals surface area contributed by atoms with Gasteiger partial charge in [-0.05, 0) is 66.9 Å². The maximum absolute atomic E-state index is 14.2. The number of nitrogens with one attached hydrogen (secondary N) is 1. The number of benzene rings is 3. The van der Waals surface area contributed by atoms with Crippen LogP contribution in [0.3, 0.4) is 0 Å². The van der Waals surface area contributed by atoms with Crippen molar-refractivity contribution in [2.24, 2.45) is 5.14 Å². The molecule has 1 aromatic heterocycles. The number of carbonyl (C=O) groups excluding carboxylic acids is 2. The number of phenols is 1. The first-order valence-corrected chi connectivity index (χ1v) is 15.1. The largest absolute Gasteiger partial charge is 0.504 e. The number of anilines is 1. The highest BCUT2D eigenvalue weighted by Crippen LogP contribution is 2.35. The van der Waals surface area contributed by atoms with Crippen molar-refractivity contribution in [2.45, 2.75) is 55.6 Å². The number of nitrogens with two attached hydrogens (primary N) is 1. The van der Waals surface area contributed by atoms with Crippen LogP contribution in [0.1, 0.15) is 43.7 Å². The fourth-order valence-corrected chi connectivity index (χ4v) is 5.81. The third-order valence-corrected chi connectivity index (χ3v) is 8.32. The maximum atomic E-state index is 14.2. The number of ether oxygens (including phenoxy) is 1. The van der Waals surface area contributed by atoms with Crippen LogP contribution in [0.4, 0.5) is 5.69 Å². The summed E-state index contributed by atoms with van der Waals surface area (Å²) in [5.41, 5.74) is 1.80. The molecule has 220 valence electrons. The molecule has 4 aromatic rings. The van der Waals surface area contributed by atoms with Crippen molar-refractivity contribution in [3.8, 4) is 11.5 Å². The molecule has 5 rings (SSSR count). The van der Waals surface area contributed by atoms with Gasteiger partial charge in [-0.15, -0.1) is 5.10 Å². The molecule has 4 N–H and O–H groups in total. The summed E-state index contributed by atoms with van der Waals surface area (Å²) in [6.45, 7) is -0.271. The minimum atomic E-state index is -4.00. The van der Waals surface area contributed by atoms with E-state index in [1.807, 2.05) is 6.07 Å². The monoisotopic (exact) mass is 592 g/mol. The van der Waals surface area contributed by atoms with Gasteiger partial charge in [-0.25, -0.2) is 18.2 Å². The van der Waals surface area contributed by atoms with Crippen LogP contribution >= 0.6 is 0 Å². The van der Waals surface area contributed by atoms with Crippen molar-refractivity contribution in [3.05, 3.63) is 72.3 Å². The molecule has 1 atom stereocenters. The number of phenolic OH excluding ortho intramolecular Hbond substituents is 1.